The van der Waals surface area contributed by atoms with E-state index in [0.29, 0.717) is 11.3 Å². The van der Waals surface area contributed by atoms with Crippen LogP contribution in [0.25, 0.3) is 0 Å². The third-order valence-electron chi connectivity index (χ3n) is 3.30. The number of hydrogen-bond acceptors (Lipinski definition) is 3. The lowest BCUT2D eigenvalue weighted by molar-refractivity contribution is -0.118. The maximum absolute atomic E-state index is 12.3. The van der Waals surface area contributed by atoms with E-state index in [1.165, 1.54) is 6.07 Å². The summed E-state index contributed by atoms with van der Waals surface area (Å²) in [4.78, 5) is 12.0. The second-order valence-corrected chi connectivity index (χ2v) is 4.85. The lowest BCUT2D eigenvalue weighted by Gasteiger charge is -2.22. The highest BCUT2D eigenvalue weighted by molar-refractivity contribution is 5.95. The summed E-state index contributed by atoms with van der Waals surface area (Å²) < 4.78 is 28.9. The van der Waals surface area contributed by atoms with Gasteiger partial charge in [-0.3, -0.25) is 4.79 Å². The number of rotatable bonds is 4. The Labute approximate surface area is 128 Å². The number of halogens is 3. The monoisotopic (exact) mass is 320 g/mol. The number of carbonyl (C=O) groups excluding carboxylic acids is 1. The standard InChI is InChI=1S/C14H18F2N2O2.ClH/c1-9-5-6-10(8-12(9)20-14(15)16)18-13(19)11-4-2-3-7-17-11;/h5-6,8,11,14,17H,2-4,7H2,1H3,(H,18,19);1H. The molecule has 4 nitrogen and oxygen atoms in total. The highest BCUT2D eigenvalue weighted by Crippen LogP contribution is 2.24. The van der Waals surface area contributed by atoms with Crippen molar-refractivity contribution in [2.24, 2.45) is 0 Å². The smallest absolute Gasteiger partial charge is 0.387 e. The van der Waals surface area contributed by atoms with E-state index < -0.39 is 6.61 Å². The second-order valence-electron chi connectivity index (χ2n) is 4.85. The predicted octanol–water partition coefficient (Wildman–Crippen LogP) is 3.10. The predicted molar refractivity (Wildman–Crippen MR) is 79.3 cm³/mol. The van der Waals surface area contributed by atoms with Crippen molar-refractivity contribution in [3.63, 3.8) is 0 Å². The first kappa shape index (κ1) is 17.7. The van der Waals surface area contributed by atoms with Gasteiger partial charge in [-0.2, -0.15) is 8.78 Å². The molecule has 1 aromatic carbocycles. The van der Waals surface area contributed by atoms with Crippen LogP contribution in [0.3, 0.4) is 0 Å². The van der Waals surface area contributed by atoms with Crippen molar-refractivity contribution < 1.29 is 18.3 Å². The molecule has 2 N–H and O–H groups in total. The Morgan fingerprint density at radius 3 is 2.81 bits per heavy atom. The van der Waals surface area contributed by atoms with Gasteiger partial charge in [-0.05, 0) is 37.9 Å². The zero-order chi connectivity index (χ0) is 14.5. The van der Waals surface area contributed by atoms with Gasteiger partial charge in [-0.25, -0.2) is 0 Å². The van der Waals surface area contributed by atoms with Crippen molar-refractivity contribution >= 4 is 24.0 Å². The minimum atomic E-state index is -2.88. The Bertz CT molecular complexity index is 480. The molecular formula is C14H19ClF2N2O2. The minimum absolute atomic E-state index is 0. The van der Waals surface area contributed by atoms with Gasteiger partial charge in [0.25, 0.3) is 0 Å². The van der Waals surface area contributed by atoms with Crippen molar-refractivity contribution in [3.8, 4) is 5.75 Å². The van der Waals surface area contributed by atoms with Gasteiger partial charge in [0, 0.05) is 11.8 Å². The van der Waals surface area contributed by atoms with E-state index in [-0.39, 0.29) is 30.1 Å². The van der Waals surface area contributed by atoms with Crippen LogP contribution in [-0.4, -0.2) is 25.1 Å². The second kappa shape index (κ2) is 8.14. The molecule has 21 heavy (non-hydrogen) atoms. The molecule has 1 aliphatic rings. The summed E-state index contributed by atoms with van der Waals surface area (Å²) in [6.45, 7) is -0.378. The number of ether oxygens (including phenoxy) is 1. The molecule has 0 aliphatic carbocycles. The molecule has 2 rings (SSSR count). The van der Waals surface area contributed by atoms with Gasteiger partial charge in [0.2, 0.25) is 5.91 Å². The van der Waals surface area contributed by atoms with Gasteiger partial charge in [0.15, 0.2) is 0 Å². The average Bonchev–Trinajstić information content (AvgIpc) is 2.43. The van der Waals surface area contributed by atoms with E-state index in [1.807, 2.05) is 0 Å². The lowest BCUT2D eigenvalue weighted by Crippen LogP contribution is -2.43. The molecule has 0 spiro atoms. The van der Waals surface area contributed by atoms with E-state index in [4.69, 9.17) is 0 Å². The quantitative estimate of drug-likeness (QED) is 0.896. The molecule has 118 valence electrons. The highest BCUT2D eigenvalue weighted by atomic mass is 35.5. The van der Waals surface area contributed by atoms with Gasteiger partial charge < -0.3 is 15.4 Å². The number of aryl methyl sites for hydroxylation is 1. The Balaban J connectivity index is 0.00000220. The molecule has 1 fully saturated rings. The Morgan fingerprint density at radius 1 is 1.43 bits per heavy atom. The number of hydrogen-bond donors (Lipinski definition) is 2. The molecule has 1 amide bonds. The first-order valence-electron chi connectivity index (χ1n) is 6.66. The van der Waals surface area contributed by atoms with Crippen LogP contribution < -0.4 is 15.4 Å². The number of anilines is 1. The molecule has 1 atom stereocenters. The number of alkyl halides is 2. The van der Waals surface area contributed by atoms with Crippen LogP contribution in [0, 0.1) is 6.92 Å². The topological polar surface area (TPSA) is 50.4 Å². The first-order chi connectivity index (χ1) is 9.56. The zero-order valence-corrected chi connectivity index (χ0v) is 12.5. The Morgan fingerprint density at radius 2 is 2.19 bits per heavy atom. The lowest BCUT2D eigenvalue weighted by atomic mass is 10.0. The number of carbonyl (C=O) groups is 1. The largest absolute Gasteiger partial charge is 0.434 e. The highest BCUT2D eigenvalue weighted by Gasteiger charge is 2.20. The van der Waals surface area contributed by atoms with E-state index in [1.54, 1.807) is 19.1 Å². The van der Waals surface area contributed by atoms with E-state index in [2.05, 4.69) is 15.4 Å². The SMILES string of the molecule is Cc1ccc(NC(=O)C2CCCCN2)cc1OC(F)F.Cl. The third kappa shape index (κ3) is 5.13. The van der Waals surface area contributed by atoms with Crippen molar-refractivity contribution in [3.05, 3.63) is 23.8 Å². The summed E-state index contributed by atoms with van der Waals surface area (Å²) in [7, 11) is 0. The van der Waals surface area contributed by atoms with Crippen LogP contribution in [0.1, 0.15) is 24.8 Å². The summed E-state index contributed by atoms with van der Waals surface area (Å²) in [6.07, 6.45) is 2.87. The molecular weight excluding hydrogens is 302 g/mol. The summed E-state index contributed by atoms with van der Waals surface area (Å²) in [6, 6.07) is 4.52. The first-order valence-corrected chi connectivity index (χ1v) is 6.66. The van der Waals surface area contributed by atoms with Gasteiger partial charge in [0.1, 0.15) is 5.75 Å². The number of amides is 1. The Kier molecular flexibility index (Phi) is 6.84. The summed E-state index contributed by atoms with van der Waals surface area (Å²) in [5.41, 5.74) is 1.06. The number of piperidine rings is 1. The fourth-order valence-corrected chi connectivity index (χ4v) is 2.21. The molecule has 1 saturated heterocycles. The maximum Gasteiger partial charge on any atom is 0.387 e. The van der Waals surface area contributed by atoms with Crippen molar-refractivity contribution in [1.29, 1.82) is 0 Å². The van der Waals surface area contributed by atoms with Crippen LogP contribution >= 0.6 is 12.4 Å². The molecule has 1 aromatic rings. The van der Waals surface area contributed by atoms with Crippen molar-refractivity contribution in [2.45, 2.75) is 38.8 Å². The molecule has 1 heterocycles. The molecule has 0 saturated carbocycles. The summed E-state index contributed by atoms with van der Waals surface area (Å²) >= 11 is 0. The zero-order valence-electron chi connectivity index (χ0n) is 11.7. The molecule has 0 bridgehead atoms. The van der Waals surface area contributed by atoms with Gasteiger partial charge in [-0.15, -0.1) is 12.4 Å². The number of nitrogens with one attached hydrogen (secondary N) is 2. The molecule has 1 unspecified atom stereocenters. The van der Waals surface area contributed by atoms with E-state index in [9.17, 15) is 13.6 Å². The van der Waals surface area contributed by atoms with Gasteiger partial charge in [0.05, 0.1) is 6.04 Å². The van der Waals surface area contributed by atoms with E-state index in [0.717, 1.165) is 25.8 Å². The van der Waals surface area contributed by atoms with Crippen LogP contribution in [0.4, 0.5) is 14.5 Å². The van der Waals surface area contributed by atoms with Crippen molar-refractivity contribution in [1.82, 2.24) is 5.32 Å². The third-order valence-corrected chi connectivity index (χ3v) is 3.30. The van der Waals surface area contributed by atoms with Crippen molar-refractivity contribution in [2.75, 3.05) is 11.9 Å². The van der Waals surface area contributed by atoms with Crippen LogP contribution in [0.5, 0.6) is 5.75 Å². The van der Waals surface area contributed by atoms with Gasteiger partial charge in [-0.1, -0.05) is 12.5 Å². The fraction of sp³-hybridized carbons (Fsp3) is 0.500. The van der Waals surface area contributed by atoms with Crippen LogP contribution in [0.2, 0.25) is 0 Å². The summed E-state index contributed by atoms with van der Waals surface area (Å²) in [5, 5.41) is 5.86. The normalized spacial score (nSPS) is 18.0. The fourth-order valence-electron chi connectivity index (χ4n) is 2.21. The van der Waals surface area contributed by atoms with Crippen LogP contribution in [-0.2, 0) is 4.79 Å². The molecule has 0 radical (unpaired) electrons. The van der Waals surface area contributed by atoms with Crippen LogP contribution in [0.15, 0.2) is 18.2 Å². The molecule has 0 aromatic heterocycles. The molecule has 7 heteroatoms. The average molecular weight is 321 g/mol. The minimum Gasteiger partial charge on any atom is -0.434 e. The van der Waals surface area contributed by atoms with E-state index >= 15 is 0 Å². The number of benzene rings is 1. The summed E-state index contributed by atoms with van der Waals surface area (Å²) in [5.74, 6) is -0.0639. The maximum atomic E-state index is 12.3. The Hall–Kier alpha value is -1.40. The molecule has 1 aliphatic heterocycles. The van der Waals surface area contributed by atoms with Gasteiger partial charge >= 0.3 is 6.61 Å².